The fourth-order valence-corrected chi connectivity index (χ4v) is 3.62. The molecule has 1 aromatic heterocycles. The first-order chi connectivity index (χ1) is 16.5. The number of esters is 1. The second-order valence-corrected chi connectivity index (χ2v) is 9.07. The fourth-order valence-electron chi connectivity index (χ4n) is 3.45. The summed E-state index contributed by atoms with van der Waals surface area (Å²) in [7, 11) is 2.99. The molecule has 0 unspecified atom stereocenters. The minimum atomic E-state index is -0.914. The van der Waals surface area contributed by atoms with Crippen molar-refractivity contribution < 1.29 is 23.9 Å². The first-order valence-corrected chi connectivity index (χ1v) is 11.4. The molecule has 0 spiro atoms. The van der Waals surface area contributed by atoms with Gasteiger partial charge in [-0.05, 0) is 42.5 Å². The van der Waals surface area contributed by atoms with Gasteiger partial charge in [0.15, 0.2) is 5.75 Å². The number of hydrogen-bond acceptors (Lipinski definition) is 6. The number of nitrogens with zero attached hydrogens (tertiary/aromatic N) is 2. The van der Waals surface area contributed by atoms with Crippen LogP contribution in [0.15, 0.2) is 47.3 Å². The number of benzene rings is 2. The molecule has 2 aromatic carbocycles. The third-order valence-corrected chi connectivity index (χ3v) is 5.68. The summed E-state index contributed by atoms with van der Waals surface area (Å²) in [5.74, 6) is -2.89. The number of aryl methyl sites for hydroxylation is 1. The van der Waals surface area contributed by atoms with Gasteiger partial charge in [0.05, 0.1) is 24.2 Å². The van der Waals surface area contributed by atoms with E-state index in [1.54, 1.807) is 64.1 Å². The second kappa shape index (κ2) is 10.3. The largest absolute Gasteiger partial charge is 0.497 e. The van der Waals surface area contributed by atoms with Gasteiger partial charge in [0.2, 0.25) is 5.91 Å². The zero-order valence-corrected chi connectivity index (χ0v) is 21.2. The van der Waals surface area contributed by atoms with Crippen LogP contribution in [0.3, 0.4) is 0 Å². The Labute approximate surface area is 208 Å². The van der Waals surface area contributed by atoms with Crippen molar-refractivity contribution in [1.29, 1.82) is 0 Å². The number of pyridine rings is 1. The third kappa shape index (κ3) is 5.07. The highest BCUT2D eigenvalue weighted by Crippen LogP contribution is 2.33. The van der Waals surface area contributed by atoms with E-state index in [1.807, 2.05) is 0 Å². The molecule has 0 radical (unpaired) electrons. The zero-order valence-electron chi connectivity index (χ0n) is 20.4. The summed E-state index contributed by atoms with van der Waals surface area (Å²) in [5.41, 5.74) is -0.509. The molecule has 2 amide bonds. The van der Waals surface area contributed by atoms with Gasteiger partial charge < -0.3 is 14.0 Å². The molecule has 0 aliphatic heterocycles. The summed E-state index contributed by atoms with van der Waals surface area (Å²) in [4.78, 5) is 54.1. The molecule has 35 heavy (non-hydrogen) atoms. The van der Waals surface area contributed by atoms with Crippen LogP contribution >= 0.6 is 11.6 Å². The van der Waals surface area contributed by atoms with Crippen molar-refractivity contribution in [3.63, 3.8) is 0 Å². The molecule has 0 fully saturated rings. The summed E-state index contributed by atoms with van der Waals surface area (Å²) in [6.07, 6.45) is 0. The standard InChI is InChI=1S/C26H27ClN2O6/c1-14(2)23(30)29(17-8-10-18(34-6)11-9-17)25(32)21-22(35-26(33)15(3)4)19-13-16(27)7-12-20(19)28(5)24(21)31/h7-15H,1-6H3. The van der Waals surface area contributed by atoms with Gasteiger partial charge in [-0.2, -0.15) is 0 Å². The minimum Gasteiger partial charge on any atom is -0.497 e. The van der Waals surface area contributed by atoms with Crippen LogP contribution in [-0.4, -0.2) is 29.5 Å². The number of halogens is 1. The zero-order chi connectivity index (χ0) is 26.0. The number of amides is 2. The van der Waals surface area contributed by atoms with Crippen molar-refractivity contribution in [2.45, 2.75) is 27.7 Å². The Bertz CT molecular complexity index is 1360. The number of aromatic nitrogens is 1. The van der Waals surface area contributed by atoms with Crippen LogP contribution in [-0.2, 0) is 16.6 Å². The molecule has 0 atom stereocenters. The van der Waals surface area contributed by atoms with E-state index in [0.29, 0.717) is 21.7 Å². The average Bonchev–Trinajstić information content (AvgIpc) is 2.82. The number of rotatable bonds is 6. The Morgan fingerprint density at radius 1 is 0.971 bits per heavy atom. The van der Waals surface area contributed by atoms with Crippen molar-refractivity contribution >= 4 is 46.0 Å². The Kier molecular flexibility index (Phi) is 7.65. The van der Waals surface area contributed by atoms with E-state index < -0.39 is 40.7 Å². The summed E-state index contributed by atoms with van der Waals surface area (Å²) in [6.45, 7) is 6.55. The number of fused-ring (bicyclic) bond motifs is 1. The summed E-state index contributed by atoms with van der Waals surface area (Å²) in [6, 6.07) is 11.0. The Balaban J connectivity index is 2.35. The molecule has 0 saturated heterocycles. The summed E-state index contributed by atoms with van der Waals surface area (Å²) in [5, 5.41) is 0.616. The van der Waals surface area contributed by atoms with E-state index in [0.717, 1.165) is 4.90 Å². The lowest BCUT2D eigenvalue weighted by Crippen LogP contribution is -2.43. The molecular weight excluding hydrogens is 472 g/mol. The molecule has 0 bridgehead atoms. The number of imide groups is 1. The first kappa shape index (κ1) is 26.0. The molecule has 8 nitrogen and oxygen atoms in total. The maximum absolute atomic E-state index is 14.0. The van der Waals surface area contributed by atoms with Gasteiger partial charge in [0.25, 0.3) is 11.5 Å². The van der Waals surface area contributed by atoms with E-state index in [4.69, 9.17) is 21.1 Å². The van der Waals surface area contributed by atoms with Crippen LogP contribution in [0.4, 0.5) is 5.69 Å². The van der Waals surface area contributed by atoms with Crippen molar-refractivity contribution in [3.05, 3.63) is 63.4 Å². The average molecular weight is 499 g/mol. The lowest BCUT2D eigenvalue weighted by atomic mass is 10.1. The van der Waals surface area contributed by atoms with Gasteiger partial charge in [-0.25, -0.2) is 4.90 Å². The third-order valence-electron chi connectivity index (χ3n) is 5.45. The topological polar surface area (TPSA) is 94.9 Å². The maximum atomic E-state index is 14.0. The maximum Gasteiger partial charge on any atom is 0.313 e. The molecule has 0 N–H and O–H groups in total. The number of carbonyl (C=O) groups excluding carboxylic acids is 3. The van der Waals surface area contributed by atoms with Crippen molar-refractivity contribution in [1.82, 2.24) is 4.57 Å². The van der Waals surface area contributed by atoms with Gasteiger partial charge in [0, 0.05) is 23.4 Å². The number of methoxy groups -OCH3 is 1. The molecule has 3 rings (SSSR count). The lowest BCUT2D eigenvalue weighted by molar-refractivity contribution is -0.137. The number of hydrogen-bond donors (Lipinski definition) is 0. The molecule has 184 valence electrons. The highest BCUT2D eigenvalue weighted by molar-refractivity contribution is 6.31. The SMILES string of the molecule is COc1ccc(N(C(=O)c2c(OC(=O)C(C)C)c3cc(Cl)ccc3n(C)c2=O)C(=O)C(C)C)cc1. The lowest BCUT2D eigenvalue weighted by Gasteiger charge is -2.24. The normalized spacial score (nSPS) is 11.1. The minimum absolute atomic E-state index is 0.232. The summed E-state index contributed by atoms with van der Waals surface area (Å²) >= 11 is 6.20. The molecule has 1 heterocycles. The van der Waals surface area contributed by atoms with Crippen LogP contribution in [0.5, 0.6) is 11.5 Å². The van der Waals surface area contributed by atoms with Crippen LogP contribution in [0.1, 0.15) is 38.1 Å². The predicted octanol–water partition coefficient (Wildman–Crippen LogP) is 4.59. The highest BCUT2D eigenvalue weighted by atomic mass is 35.5. The molecule has 0 aliphatic carbocycles. The molecule has 0 saturated carbocycles. The monoisotopic (exact) mass is 498 g/mol. The van der Waals surface area contributed by atoms with E-state index in [9.17, 15) is 19.2 Å². The second-order valence-electron chi connectivity index (χ2n) is 8.64. The predicted molar refractivity (Wildman–Crippen MR) is 134 cm³/mol. The van der Waals surface area contributed by atoms with Gasteiger partial charge in [-0.3, -0.25) is 19.2 Å². The Morgan fingerprint density at radius 3 is 2.14 bits per heavy atom. The number of anilines is 1. The molecule has 0 aliphatic rings. The van der Waals surface area contributed by atoms with E-state index in [1.165, 1.54) is 24.8 Å². The number of ether oxygens (including phenoxy) is 2. The van der Waals surface area contributed by atoms with E-state index >= 15 is 0 Å². The quantitative estimate of drug-likeness (QED) is 0.461. The number of carbonyl (C=O) groups is 3. The van der Waals surface area contributed by atoms with Crippen LogP contribution in [0.2, 0.25) is 5.02 Å². The van der Waals surface area contributed by atoms with Crippen LogP contribution < -0.4 is 19.9 Å². The van der Waals surface area contributed by atoms with Gasteiger partial charge >= 0.3 is 5.97 Å². The van der Waals surface area contributed by atoms with Crippen molar-refractivity contribution in [2.75, 3.05) is 12.0 Å². The fraction of sp³-hybridized carbons (Fsp3) is 0.308. The van der Waals surface area contributed by atoms with Crippen molar-refractivity contribution in [3.8, 4) is 11.5 Å². The highest BCUT2D eigenvalue weighted by Gasteiger charge is 2.33. The van der Waals surface area contributed by atoms with Crippen LogP contribution in [0, 0.1) is 11.8 Å². The smallest absolute Gasteiger partial charge is 0.313 e. The molecule has 3 aromatic rings. The van der Waals surface area contributed by atoms with Gasteiger partial charge in [-0.1, -0.05) is 39.3 Å². The van der Waals surface area contributed by atoms with Crippen molar-refractivity contribution in [2.24, 2.45) is 18.9 Å². The van der Waals surface area contributed by atoms with Gasteiger partial charge in [0.1, 0.15) is 11.3 Å². The molecular formula is C26H27ClN2O6. The van der Waals surface area contributed by atoms with Crippen LogP contribution in [0.25, 0.3) is 10.9 Å². The van der Waals surface area contributed by atoms with E-state index in [2.05, 4.69) is 0 Å². The Hall–Kier alpha value is -3.65. The Morgan fingerprint density at radius 2 is 1.60 bits per heavy atom. The first-order valence-electron chi connectivity index (χ1n) is 11.0. The summed E-state index contributed by atoms with van der Waals surface area (Å²) < 4.78 is 12.0. The molecule has 9 heteroatoms. The van der Waals surface area contributed by atoms with E-state index in [-0.39, 0.29) is 11.4 Å². The van der Waals surface area contributed by atoms with Gasteiger partial charge in [-0.15, -0.1) is 0 Å².